The van der Waals surface area contributed by atoms with Crippen LogP contribution in [-0.2, 0) is 0 Å². The molecule has 0 aromatic carbocycles. The molecule has 84 valence electrons. The quantitative estimate of drug-likeness (QED) is 0.682. The molecule has 0 saturated carbocycles. The lowest BCUT2D eigenvalue weighted by molar-refractivity contribution is 0.117. The summed E-state index contributed by atoms with van der Waals surface area (Å²) >= 11 is 0. The summed E-state index contributed by atoms with van der Waals surface area (Å²) in [6.45, 7) is 16.9. The fourth-order valence-corrected chi connectivity index (χ4v) is 1.29. The van der Waals surface area contributed by atoms with Gasteiger partial charge in [-0.05, 0) is 41.7 Å². The predicted molar refractivity (Wildman–Crippen MR) is 64.7 cm³/mol. The highest BCUT2D eigenvalue weighted by Crippen LogP contribution is 2.16. The highest BCUT2D eigenvalue weighted by Gasteiger charge is 2.26. The molecule has 0 aliphatic rings. The summed E-state index contributed by atoms with van der Waals surface area (Å²) in [5.41, 5.74) is 0.346. The van der Waals surface area contributed by atoms with E-state index in [4.69, 9.17) is 0 Å². The summed E-state index contributed by atoms with van der Waals surface area (Å²) in [6, 6.07) is 0. The monoisotopic (exact) mass is 198 g/mol. The zero-order valence-electron chi connectivity index (χ0n) is 10.6. The average Bonchev–Trinajstić information content (AvgIpc) is 2.02. The predicted octanol–water partition coefficient (Wildman–Crippen LogP) is 2.27. The van der Waals surface area contributed by atoms with Crippen LogP contribution < -0.4 is 5.32 Å². The second-order valence-corrected chi connectivity index (χ2v) is 5.47. The van der Waals surface area contributed by atoms with Crippen molar-refractivity contribution in [3.05, 3.63) is 12.7 Å². The van der Waals surface area contributed by atoms with Gasteiger partial charge in [-0.3, -0.25) is 4.90 Å². The average molecular weight is 198 g/mol. The van der Waals surface area contributed by atoms with Crippen LogP contribution in [0.3, 0.4) is 0 Å². The molecule has 0 rings (SSSR count). The molecule has 0 saturated heterocycles. The number of rotatable bonds is 5. The van der Waals surface area contributed by atoms with Crippen molar-refractivity contribution in [3.63, 3.8) is 0 Å². The van der Waals surface area contributed by atoms with Gasteiger partial charge in [-0.1, -0.05) is 6.08 Å². The lowest BCUT2D eigenvalue weighted by atomic mass is 9.99. The molecule has 0 bridgehead atoms. The summed E-state index contributed by atoms with van der Waals surface area (Å²) < 4.78 is 0. The van der Waals surface area contributed by atoms with Gasteiger partial charge in [-0.15, -0.1) is 6.58 Å². The standard InChI is InChI=1S/C12H26N2/c1-8-9-14(11(2,3)4)10-12(5,6)13-7/h8,13H,1,9-10H2,2-7H3. The molecule has 0 heterocycles. The van der Waals surface area contributed by atoms with Crippen molar-refractivity contribution in [2.45, 2.75) is 45.7 Å². The van der Waals surface area contributed by atoms with Gasteiger partial charge >= 0.3 is 0 Å². The van der Waals surface area contributed by atoms with Gasteiger partial charge in [-0.25, -0.2) is 0 Å². The third-order valence-corrected chi connectivity index (χ3v) is 2.56. The van der Waals surface area contributed by atoms with Crippen LogP contribution in [0.2, 0.25) is 0 Å². The maximum Gasteiger partial charge on any atom is 0.0249 e. The molecule has 2 nitrogen and oxygen atoms in total. The lowest BCUT2D eigenvalue weighted by Crippen LogP contribution is -2.53. The van der Waals surface area contributed by atoms with Gasteiger partial charge < -0.3 is 5.32 Å². The Hall–Kier alpha value is -0.340. The molecule has 0 amide bonds. The van der Waals surface area contributed by atoms with Gasteiger partial charge in [-0.2, -0.15) is 0 Å². The van der Waals surface area contributed by atoms with Crippen molar-refractivity contribution in [2.24, 2.45) is 0 Å². The van der Waals surface area contributed by atoms with Crippen molar-refractivity contribution in [3.8, 4) is 0 Å². The molecule has 14 heavy (non-hydrogen) atoms. The Morgan fingerprint density at radius 1 is 1.21 bits per heavy atom. The molecule has 0 atom stereocenters. The first-order chi connectivity index (χ1) is 6.23. The van der Waals surface area contributed by atoms with Gasteiger partial charge in [0.1, 0.15) is 0 Å². The maximum atomic E-state index is 3.81. The lowest BCUT2D eigenvalue weighted by Gasteiger charge is -2.40. The molecule has 0 aliphatic carbocycles. The molecule has 0 radical (unpaired) electrons. The highest BCUT2D eigenvalue weighted by molar-refractivity contribution is 4.89. The van der Waals surface area contributed by atoms with Crippen LogP contribution in [-0.4, -0.2) is 36.1 Å². The van der Waals surface area contributed by atoms with E-state index in [0.717, 1.165) is 13.1 Å². The highest BCUT2D eigenvalue weighted by atomic mass is 15.2. The van der Waals surface area contributed by atoms with E-state index in [1.54, 1.807) is 0 Å². The first-order valence-corrected chi connectivity index (χ1v) is 5.28. The Morgan fingerprint density at radius 3 is 2.00 bits per heavy atom. The van der Waals surface area contributed by atoms with Crippen LogP contribution in [0, 0.1) is 0 Å². The van der Waals surface area contributed by atoms with Gasteiger partial charge in [0.25, 0.3) is 0 Å². The third-order valence-electron chi connectivity index (χ3n) is 2.56. The van der Waals surface area contributed by atoms with Crippen molar-refractivity contribution >= 4 is 0 Å². The fourth-order valence-electron chi connectivity index (χ4n) is 1.29. The fraction of sp³-hybridized carbons (Fsp3) is 0.833. The SMILES string of the molecule is C=CCN(CC(C)(C)NC)C(C)(C)C. The number of nitrogens with one attached hydrogen (secondary N) is 1. The summed E-state index contributed by atoms with van der Waals surface area (Å²) in [5.74, 6) is 0. The zero-order valence-corrected chi connectivity index (χ0v) is 10.6. The molecular weight excluding hydrogens is 172 g/mol. The molecular formula is C12H26N2. The van der Waals surface area contributed by atoms with E-state index < -0.39 is 0 Å². The Balaban J connectivity index is 4.45. The van der Waals surface area contributed by atoms with Crippen molar-refractivity contribution < 1.29 is 0 Å². The minimum absolute atomic E-state index is 0.149. The molecule has 0 unspecified atom stereocenters. The normalized spacial score (nSPS) is 13.4. The molecule has 0 fully saturated rings. The molecule has 0 spiro atoms. The van der Waals surface area contributed by atoms with Crippen LogP contribution in [0.1, 0.15) is 34.6 Å². The van der Waals surface area contributed by atoms with Gasteiger partial charge in [0, 0.05) is 24.2 Å². The molecule has 0 aromatic rings. The van der Waals surface area contributed by atoms with Crippen molar-refractivity contribution in [2.75, 3.05) is 20.1 Å². The van der Waals surface area contributed by atoms with Crippen LogP contribution >= 0.6 is 0 Å². The van der Waals surface area contributed by atoms with E-state index in [2.05, 4.69) is 51.4 Å². The number of hydrogen-bond acceptors (Lipinski definition) is 2. The second kappa shape index (κ2) is 4.94. The van der Waals surface area contributed by atoms with Gasteiger partial charge in [0.15, 0.2) is 0 Å². The summed E-state index contributed by atoms with van der Waals surface area (Å²) in [6.07, 6.45) is 1.97. The summed E-state index contributed by atoms with van der Waals surface area (Å²) in [4.78, 5) is 2.43. The number of likely N-dealkylation sites (N-methyl/N-ethyl adjacent to an activating group) is 1. The van der Waals surface area contributed by atoms with E-state index in [1.807, 2.05) is 13.1 Å². The molecule has 1 N–H and O–H groups in total. The van der Waals surface area contributed by atoms with Crippen LogP contribution in [0.25, 0.3) is 0 Å². The van der Waals surface area contributed by atoms with Crippen LogP contribution in [0.4, 0.5) is 0 Å². The third kappa shape index (κ3) is 4.77. The van der Waals surface area contributed by atoms with Gasteiger partial charge in [0.05, 0.1) is 0 Å². The minimum atomic E-state index is 0.149. The van der Waals surface area contributed by atoms with Crippen molar-refractivity contribution in [1.29, 1.82) is 0 Å². The van der Waals surface area contributed by atoms with E-state index >= 15 is 0 Å². The first-order valence-electron chi connectivity index (χ1n) is 5.28. The smallest absolute Gasteiger partial charge is 0.0249 e. The van der Waals surface area contributed by atoms with Crippen LogP contribution in [0.5, 0.6) is 0 Å². The van der Waals surface area contributed by atoms with Crippen molar-refractivity contribution in [1.82, 2.24) is 10.2 Å². The molecule has 0 aliphatic heterocycles. The Bertz CT molecular complexity index is 177. The van der Waals surface area contributed by atoms with E-state index in [1.165, 1.54) is 0 Å². The van der Waals surface area contributed by atoms with Crippen LogP contribution in [0.15, 0.2) is 12.7 Å². The zero-order chi connectivity index (χ0) is 11.4. The Kier molecular flexibility index (Phi) is 4.82. The molecule has 0 aromatic heterocycles. The first kappa shape index (κ1) is 13.7. The number of nitrogens with zero attached hydrogens (tertiary/aromatic N) is 1. The Morgan fingerprint density at radius 2 is 1.71 bits per heavy atom. The topological polar surface area (TPSA) is 15.3 Å². The maximum absolute atomic E-state index is 3.81. The van der Waals surface area contributed by atoms with E-state index in [0.29, 0.717) is 0 Å². The molecule has 2 heteroatoms. The summed E-state index contributed by atoms with van der Waals surface area (Å²) in [7, 11) is 2.01. The second-order valence-electron chi connectivity index (χ2n) is 5.47. The Labute approximate surface area is 89.4 Å². The van der Waals surface area contributed by atoms with Gasteiger partial charge in [0.2, 0.25) is 0 Å². The number of hydrogen-bond donors (Lipinski definition) is 1. The van der Waals surface area contributed by atoms with E-state index in [-0.39, 0.29) is 11.1 Å². The largest absolute Gasteiger partial charge is 0.314 e. The summed E-state index contributed by atoms with van der Waals surface area (Å²) in [5, 5.41) is 3.33. The minimum Gasteiger partial charge on any atom is -0.314 e. The van der Waals surface area contributed by atoms with E-state index in [9.17, 15) is 0 Å².